The molecule has 0 saturated carbocycles. The lowest BCUT2D eigenvalue weighted by Gasteiger charge is -2.26. The molecule has 2 heterocycles. The maximum atomic E-state index is 12.6. The van der Waals surface area contributed by atoms with E-state index >= 15 is 0 Å². The van der Waals surface area contributed by atoms with Gasteiger partial charge in [-0.15, -0.1) is 0 Å². The van der Waals surface area contributed by atoms with Gasteiger partial charge in [-0.2, -0.15) is 11.8 Å². The summed E-state index contributed by atoms with van der Waals surface area (Å²) in [5.74, 6) is 0.679. The SMILES string of the molecule is CCc1cccc(C(=O)C2CC3CCC(C2)S3)c1. The van der Waals surface area contributed by atoms with Crippen molar-refractivity contribution in [3.05, 3.63) is 35.4 Å². The van der Waals surface area contributed by atoms with Crippen molar-refractivity contribution in [3.8, 4) is 0 Å². The lowest BCUT2D eigenvalue weighted by molar-refractivity contribution is 0.0907. The molecule has 0 aromatic heterocycles. The zero-order valence-corrected chi connectivity index (χ0v) is 11.7. The first kappa shape index (κ1) is 12.3. The van der Waals surface area contributed by atoms with E-state index in [0.29, 0.717) is 5.78 Å². The summed E-state index contributed by atoms with van der Waals surface area (Å²) in [5.41, 5.74) is 2.21. The molecule has 1 aromatic rings. The molecule has 2 saturated heterocycles. The highest BCUT2D eigenvalue weighted by Crippen LogP contribution is 2.46. The first-order valence-electron chi connectivity index (χ1n) is 7.05. The Balaban J connectivity index is 1.77. The molecule has 96 valence electrons. The van der Waals surface area contributed by atoms with Gasteiger partial charge >= 0.3 is 0 Å². The molecule has 0 amide bonds. The van der Waals surface area contributed by atoms with E-state index < -0.39 is 0 Å². The largest absolute Gasteiger partial charge is 0.294 e. The van der Waals surface area contributed by atoms with E-state index in [0.717, 1.165) is 35.3 Å². The standard InChI is InChI=1S/C16H20OS/c1-2-11-4-3-5-12(8-11)16(17)13-9-14-6-7-15(10-13)18-14/h3-5,8,13-15H,2,6-7,9-10H2,1H3. The molecule has 2 aliphatic rings. The predicted molar refractivity (Wildman–Crippen MR) is 77.3 cm³/mol. The van der Waals surface area contributed by atoms with Crippen LogP contribution in [-0.2, 0) is 6.42 Å². The third-order valence-corrected chi connectivity index (χ3v) is 5.91. The lowest BCUT2D eigenvalue weighted by atomic mass is 9.89. The molecular weight excluding hydrogens is 240 g/mol. The molecule has 1 aromatic carbocycles. The van der Waals surface area contributed by atoms with Crippen LogP contribution in [0.1, 0.15) is 48.5 Å². The highest BCUT2D eigenvalue weighted by Gasteiger charge is 2.37. The van der Waals surface area contributed by atoms with Crippen LogP contribution in [0.2, 0.25) is 0 Å². The number of Topliss-reactive ketones (excluding diaryl/α,β-unsaturated/α-hetero) is 1. The van der Waals surface area contributed by atoms with Crippen molar-refractivity contribution in [1.82, 2.24) is 0 Å². The van der Waals surface area contributed by atoms with E-state index in [1.807, 2.05) is 12.1 Å². The van der Waals surface area contributed by atoms with E-state index in [1.54, 1.807) is 0 Å². The molecule has 2 bridgehead atoms. The zero-order valence-electron chi connectivity index (χ0n) is 10.9. The predicted octanol–water partition coefficient (Wildman–Crippen LogP) is 4.11. The van der Waals surface area contributed by atoms with Crippen LogP contribution in [0.3, 0.4) is 0 Å². The summed E-state index contributed by atoms with van der Waals surface area (Å²) in [5, 5.41) is 1.51. The van der Waals surface area contributed by atoms with Crippen molar-refractivity contribution in [1.29, 1.82) is 0 Å². The van der Waals surface area contributed by atoms with E-state index in [2.05, 4.69) is 30.8 Å². The van der Waals surface area contributed by atoms with Gasteiger partial charge in [0, 0.05) is 22.0 Å². The van der Waals surface area contributed by atoms with E-state index in [4.69, 9.17) is 0 Å². The summed E-state index contributed by atoms with van der Waals surface area (Å²) in [6.45, 7) is 2.14. The van der Waals surface area contributed by atoms with Crippen LogP contribution < -0.4 is 0 Å². The molecule has 0 aliphatic carbocycles. The molecule has 1 nitrogen and oxygen atoms in total. The average molecular weight is 260 g/mol. The van der Waals surface area contributed by atoms with Crippen LogP contribution in [-0.4, -0.2) is 16.3 Å². The van der Waals surface area contributed by atoms with Crippen LogP contribution in [0, 0.1) is 5.92 Å². The number of hydrogen-bond donors (Lipinski definition) is 0. The molecule has 2 heteroatoms. The highest BCUT2D eigenvalue weighted by atomic mass is 32.2. The number of aryl methyl sites for hydroxylation is 1. The normalized spacial score (nSPS) is 30.4. The Morgan fingerprint density at radius 3 is 2.67 bits per heavy atom. The third-order valence-electron chi connectivity index (χ3n) is 4.28. The molecule has 0 radical (unpaired) electrons. The Morgan fingerprint density at radius 2 is 2.00 bits per heavy atom. The van der Waals surface area contributed by atoms with Gasteiger partial charge in [-0.05, 0) is 43.7 Å². The summed E-state index contributed by atoms with van der Waals surface area (Å²) < 4.78 is 0. The number of hydrogen-bond acceptors (Lipinski definition) is 2. The number of ketones is 1. The fourth-order valence-electron chi connectivity index (χ4n) is 3.25. The smallest absolute Gasteiger partial charge is 0.166 e. The van der Waals surface area contributed by atoms with Crippen LogP contribution in [0.4, 0.5) is 0 Å². The average Bonchev–Trinajstić information content (AvgIpc) is 2.76. The van der Waals surface area contributed by atoms with E-state index in [1.165, 1.54) is 18.4 Å². The fourth-order valence-corrected chi connectivity index (χ4v) is 5.03. The van der Waals surface area contributed by atoms with Gasteiger partial charge in [-0.3, -0.25) is 4.79 Å². The van der Waals surface area contributed by atoms with Gasteiger partial charge < -0.3 is 0 Å². The molecule has 0 N–H and O–H groups in total. The quantitative estimate of drug-likeness (QED) is 0.761. The molecule has 0 spiro atoms. The first-order chi connectivity index (χ1) is 8.76. The van der Waals surface area contributed by atoms with Gasteiger partial charge in [-0.25, -0.2) is 0 Å². The number of rotatable bonds is 3. The van der Waals surface area contributed by atoms with Gasteiger partial charge in [0.2, 0.25) is 0 Å². The van der Waals surface area contributed by atoms with Crippen LogP contribution in [0.5, 0.6) is 0 Å². The molecule has 2 fully saturated rings. The summed E-state index contributed by atoms with van der Waals surface area (Å²) in [7, 11) is 0. The highest BCUT2D eigenvalue weighted by molar-refractivity contribution is 8.00. The molecule has 2 aliphatic heterocycles. The van der Waals surface area contributed by atoms with Crippen LogP contribution >= 0.6 is 11.8 Å². The van der Waals surface area contributed by atoms with Gasteiger partial charge in [0.25, 0.3) is 0 Å². The van der Waals surface area contributed by atoms with Crippen molar-refractivity contribution in [3.63, 3.8) is 0 Å². The second kappa shape index (κ2) is 5.08. The first-order valence-corrected chi connectivity index (χ1v) is 7.99. The number of carbonyl (C=O) groups excluding carboxylic acids is 1. The Kier molecular flexibility index (Phi) is 3.47. The van der Waals surface area contributed by atoms with Crippen molar-refractivity contribution in [2.45, 2.75) is 49.5 Å². The summed E-state index contributed by atoms with van der Waals surface area (Å²) >= 11 is 2.12. The van der Waals surface area contributed by atoms with Crippen LogP contribution in [0.15, 0.2) is 24.3 Å². The second-order valence-electron chi connectivity index (χ2n) is 5.54. The topological polar surface area (TPSA) is 17.1 Å². The minimum atomic E-state index is 0.288. The molecular formula is C16H20OS. The lowest BCUT2D eigenvalue weighted by Crippen LogP contribution is -2.24. The monoisotopic (exact) mass is 260 g/mol. The molecule has 2 atom stereocenters. The maximum absolute atomic E-state index is 12.6. The number of thioether (sulfide) groups is 1. The summed E-state index contributed by atoms with van der Waals surface area (Å²) in [4.78, 5) is 12.6. The maximum Gasteiger partial charge on any atom is 0.166 e. The van der Waals surface area contributed by atoms with Crippen LogP contribution in [0.25, 0.3) is 0 Å². The van der Waals surface area contributed by atoms with Crippen molar-refractivity contribution in [2.75, 3.05) is 0 Å². The Labute approximate surface area is 113 Å². The fraction of sp³-hybridized carbons (Fsp3) is 0.562. The number of carbonyl (C=O) groups is 1. The van der Waals surface area contributed by atoms with Crippen molar-refractivity contribution in [2.24, 2.45) is 5.92 Å². The van der Waals surface area contributed by atoms with E-state index in [-0.39, 0.29) is 5.92 Å². The Morgan fingerprint density at radius 1 is 1.28 bits per heavy atom. The summed E-state index contributed by atoms with van der Waals surface area (Å²) in [6.07, 6.45) is 5.88. The third kappa shape index (κ3) is 2.35. The minimum Gasteiger partial charge on any atom is -0.294 e. The van der Waals surface area contributed by atoms with Crippen molar-refractivity contribution >= 4 is 17.5 Å². The minimum absolute atomic E-state index is 0.288. The van der Waals surface area contributed by atoms with Crippen molar-refractivity contribution < 1.29 is 4.79 Å². The zero-order chi connectivity index (χ0) is 12.5. The Hall–Kier alpha value is -0.760. The molecule has 2 unspecified atom stereocenters. The van der Waals surface area contributed by atoms with Gasteiger partial charge in [-0.1, -0.05) is 25.1 Å². The van der Waals surface area contributed by atoms with E-state index in [9.17, 15) is 4.79 Å². The van der Waals surface area contributed by atoms with Gasteiger partial charge in [0.05, 0.1) is 0 Å². The van der Waals surface area contributed by atoms with Gasteiger partial charge in [0.1, 0.15) is 0 Å². The van der Waals surface area contributed by atoms with Gasteiger partial charge in [0.15, 0.2) is 5.78 Å². The number of benzene rings is 1. The second-order valence-corrected chi connectivity index (χ2v) is 7.15. The number of fused-ring (bicyclic) bond motifs is 2. The molecule has 18 heavy (non-hydrogen) atoms. The Bertz CT molecular complexity index is 442. The summed E-state index contributed by atoms with van der Waals surface area (Å²) in [6, 6.07) is 8.21. The molecule has 3 rings (SSSR count).